The molecule has 1 nitrogen and oxygen atoms in total. The van der Waals surface area contributed by atoms with Gasteiger partial charge in [0.25, 0.3) is 0 Å². The fourth-order valence-corrected chi connectivity index (χ4v) is 3.30. The Kier molecular flexibility index (Phi) is 2.54. The molecule has 4 rings (SSSR count). The van der Waals surface area contributed by atoms with E-state index in [4.69, 9.17) is 0 Å². The Labute approximate surface area is 124 Å². The Bertz CT molecular complexity index is 872. The van der Waals surface area contributed by atoms with Gasteiger partial charge in [0.2, 0.25) is 0 Å². The SMILES string of the molecule is CC1(O)c2ccccc2C=Cc2c1ccc1ccccc21. The van der Waals surface area contributed by atoms with Crippen LogP contribution < -0.4 is 0 Å². The molecule has 0 heterocycles. The molecule has 0 bridgehead atoms. The lowest BCUT2D eigenvalue weighted by molar-refractivity contribution is 0.102. The number of benzene rings is 3. The minimum atomic E-state index is -0.987. The number of hydrogen-bond donors (Lipinski definition) is 1. The second-order valence-electron chi connectivity index (χ2n) is 5.74. The molecule has 1 unspecified atom stereocenters. The van der Waals surface area contributed by atoms with Gasteiger partial charge >= 0.3 is 0 Å². The third-order valence-electron chi connectivity index (χ3n) is 4.41. The van der Waals surface area contributed by atoms with Crippen molar-refractivity contribution in [1.29, 1.82) is 0 Å². The third-order valence-corrected chi connectivity index (χ3v) is 4.41. The van der Waals surface area contributed by atoms with Crippen LogP contribution in [0.4, 0.5) is 0 Å². The van der Waals surface area contributed by atoms with Gasteiger partial charge in [-0.05, 0) is 39.9 Å². The molecular formula is C20H16O. The molecular weight excluding hydrogens is 256 g/mol. The summed E-state index contributed by atoms with van der Waals surface area (Å²) in [6.45, 7) is 1.88. The Balaban J connectivity index is 2.12. The van der Waals surface area contributed by atoms with E-state index in [1.165, 1.54) is 10.8 Å². The molecule has 0 saturated carbocycles. The Morgan fingerprint density at radius 2 is 1.52 bits per heavy atom. The predicted molar refractivity (Wildman–Crippen MR) is 88.0 cm³/mol. The number of aliphatic hydroxyl groups is 1. The van der Waals surface area contributed by atoms with E-state index >= 15 is 0 Å². The van der Waals surface area contributed by atoms with Gasteiger partial charge in [-0.3, -0.25) is 0 Å². The van der Waals surface area contributed by atoms with Crippen molar-refractivity contribution in [2.75, 3.05) is 0 Å². The first-order valence-corrected chi connectivity index (χ1v) is 7.20. The maximum atomic E-state index is 11.2. The van der Waals surface area contributed by atoms with E-state index in [1.807, 2.05) is 49.4 Å². The van der Waals surface area contributed by atoms with Crippen molar-refractivity contribution in [1.82, 2.24) is 0 Å². The van der Waals surface area contributed by atoms with Crippen molar-refractivity contribution < 1.29 is 5.11 Å². The van der Waals surface area contributed by atoms with Gasteiger partial charge in [-0.25, -0.2) is 0 Å². The number of hydrogen-bond acceptors (Lipinski definition) is 1. The van der Waals surface area contributed by atoms with Gasteiger partial charge in [-0.15, -0.1) is 0 Å². The summed E-state index contributed by atoms with van der Waals surface area (Å²) in [4.78, 5) is 0. The van der Waals surface area contributed by atoms with Crippen molar-refractivity contribution in [3.05, 3.63) is 82.9 Å². The zero-order chi connectivity index (χ0) is 14.4. The zero-order valence-corrected chi connectivity index (χ0v) is 11.9. The lowest BCUT2D eigenvalue weighted by Crippen LogP contribution is -2.24. The van der Waals surface area contributed by atoms with Crippen LogP contribution in [0.3, 0.4) is 0 Å². The molecule has 0 amide bonds. The van der Waals surface area contributed by atoms with Crippen molar-refractivity contribution in [3.63, 3.8) is 0 Å². The van der Waals surface area contributed by atoms with Crippen LogP contribution in [0.2, 0.25) is 0 Å². The minimum absolute atomic E-state index is 0.954. The van der Waals surface area contributed by atoms with Crippen molar-refractivity contribution in [2.24, 2.45) is 0 Å². The highest BCUT2D eigenvalue weighted by molar-refractivity contribution is 5.95. The maximum absolute atomic E-state index is 11.2. The van der Waals surface area contributed by atoms with Gasteiger partial charge in [-0.2, -0.15) is 0 Å². The van der Waals surface area contributed by atoms with Crippen molar-refractivity contribution in [3.8, 4) is 0 Å². The molecule has 0 aliphatic heterocycles. The molecule has 1 aliphatic rings. The lowest BCUT2D eigenvalue weighted by atomic mass is 9.83. The first-order valence-electron chi connectivity index (χ1n) is 7.20. The standard InChI is InChI=1S/C20H16O/c1-20(21)18-9-5-3-7-15(18)10-12-17-16-8-4-2-6-14(16)11-13-19(17)20/h2-13,21H,1H3. The van der Waals surface area contributed by atoms with E-state index in [-0.39, 0.29) is 0 Å². The quantitative estimate of drug-likeness (QED) is 0.635. The molecule has 3 aromatic rings. The van der Waals surface area contributed by atoms with Gasteiger partial charge in [0, 0.05) is 0 Å². The third kappa shape index (κ3) is 1.75. The van der Waals surface area contributed by atoms with Crippen LogP contribution in [-0.2, 0) is 5.60 Å². The highest BCUT2D eigenvalue weighted by Crippen LogP contribution is 2.40. The van der Waals surface area contributed by atoms with Crippen LogP contribution in [0.15, 0.2) is 60.7 Å². The molecule has 3 aromatic carbocycles. The van der Waals surface area contributed by atoms with E-state index in [9.17, 15) is 5.11 Å². The first kappa shape index (κ1) is 12.4. The summed E-state index contributed by atoms with van der Waals surface area (Å²) in [6.07, 6.45) is 4.22. The molecule has 1 heteroatoms. The fraction of sp³-hybridized carbons (Fsp3) is 0.100. The van der Waals surface area contributed by atoms with Crippen LogP contribution in [0.25, 0.3) is 22.9 Å². The summed E-state index contributed by atoms with van der Waals surface area (Å²) in [6, 6.07) is 20.5. The zero-order valence-electron chi connectivity index (χ0n) is 11.9. The molecule has 0 spiro atoms. The summed E-state index contributed by atoms with van der Waals surface area (Å²) in [5.74, 6) is 0. The predicted octanol–water partition coefficient (Wildman–Crippen LogP) is 4.58. The molecule has 1 atom stereocenters. The van der Waals surface area contributed by atoms with Crippen LogP contribution in [0.1, 0.15) is 29.2 Å². The van der Waals surface area contributed by atoms with Crippen LogP contribution >= 0.6 is 0 Å². The molecule has 102 valence electrons. The molecule has 0 fully saturated rings. The molecule has 21 heavy (non-hydrogen) atoms. The highest BCUT2D eigenvalue weighted by Gasteiger charge is 2.31. The van der Waals surface area contributed by atoms with E-state index in [1.54, 1.807) is 0 Å². The van der Waals surface area contributed by atoms with E-state index < -0.39 is 5.60 Å². The topological polar surface area (TPSA) is 20.2 Å². The molecule has 0 radical (unpaired) electrons. The van der Waals surface area contributed by atoms with Crippen LogP contribution in [0, 0.1) is 0 Å². The lowest BCUT2D eigenvalue weighted by Gasteiger charge is -2.27. The minimum Gasteiger partial charge on any atom is -0.381 e. The molecule has 1 N–H and O–H groups in total. The van der Waals surface area contributed by atoms with E-state index in [0.29, 0.717) is 0 Å². The fourth-order valence-electron chi connectivity index (χ4n) is 3.30. The van der Waals surface area contributed by atoms with Crippen LogP contribution in [0.5, 0.6) is 0 Å². The maximum Gasteiger partial charge on any atom is 0.113 e. The second-order valence-corrected chi connectivity index (χ2v) is 5.74. The van der Waals surface area contributed by atoms with Gasteiger partial charge in [-0.1, -0.05) is 72.8 Å². The summed E-state index contributed by atoms with van der Waals surface area (Å²) >= 11 is 0. The van der Waals surface area contributed by atoms with Crippen molar-refractivity contribution >= 4 is 22.9 Å². The monoisotopic (exact) mass is 272 g/mol. The molecule has 0 aromatic heterocycles. The smallest absolute Gasteiger partial charge is 0.113 e. The molecule has 1 aliphatic carbocycles. The first-order chi connectivity index (χ1) is 10.2. The number of fused-ring (bicyclic) bond motifs is 4. The number of rotatable bonds is 0. The van der Waals surface area contributed by atoms with Crippen molar-refractivity contribution in [2.45, 2.75) is 12.5 Å². The van der Waals surface area contributed by atoms with Crippen LogP contribution in [-0.4, -0.2) is 5.11 Å². The normalized spacial score (nSPS) is 19.9. The Hall–Kier alpha value is -2.38. The summed E-state index contributed by atoms with van der Waals surface area (Å²) in [7, 11) is 0. The summed E-state index contributed by atoms with van der Waals surface area (Å²) in [5, 5.41) is 13.6. The van der Waals surface area contributed by atoms with Gasteiger partial charge in [0.15, 0.2) is 0 Å². The highest BCUT2D eigenvalue weighted by atomic mass is 16.3. The van der Waals surface area contributed by atoms with Gasteiger partial charge in [0.1, 0.15) is 5.60 Å². The Morgan fingerprint density at radius 1 is 0.762 bits per heavy atom. The average molecular weight is 272 g/mol. The van der Waals surface area contributed by atoms with Gasteiger partial charge in [0.05, 0.1) is 0 Å². The van der Waals surface area contributed by atoms with E-state index in [2.05, 4.69) is 30.4 Å². The largest absolute Gasteiger partial charge is 0.381 e. The molecule has 0 saturated heterocycles. The average Bonchev–Trinajstić information content (AvgIpc) is 2.63. The summed E-state index contributed by atoms with van der Waals surface area (Å²) < 4.78 is 0. The second kappa shape index (κ2) is 4.31. The van der Waals surface area contributed by atoms with E-state index in [0.717, 1.165) is 22.3 Å². The van der Waals surface area contributed by atoms with Gasteiger partial charge < -0.3 is 5.11 Å². The summed E-state index contributed by atoms with van der Waals surface area (Å²) in [5.41, 5.74) is 3.11. The Morgan fingerprint density at radius 3 is 2.43 bits per heavy atom.